The molecule has 0 spiro atoms. The van der Waals surface area contributed by atoms with E-state index in [2.05, 4.69) is 19.9 Å². The third-order valence-electron chi connectivity index (χ3n) is 5.06. The molecule has 3 aromatic heterocycles. The van der Waals surface area contributed by atoms with Gasteiger partial charge < -0.3 is 19.4 Å². The summed E-state index contributed by atoms with van der Waals surface area (Å²) in [5.74, 6) is 0.346. The minimum Gasteiger partial charge on any atom is -0.483 e. The molecule has 0 amide bonds. The molecule has 5 rings (SSSR count). The second-order valence-electron chi connectivity index (χ2n) is 6.94. The van der Waals surface area contributed by atoms with Gasteiger partial charge in [-0.3, -0.25) is 0 Å². The third-order valence-corrected chi connectivity index (χ3v) is 5.06. The number of hydrogen-bond donors (Lipinski definition) is 2. The van der Waals surface area contributed by atoms with Gasteiger partial charge in [0.25, 0.3) is 0 Å². The van der Waals surface area contributed by atoms with Crippen LogP contribution in [-0.4, -0.2) is 27.0 Å². The predicted molar refractivity (Wildman–Crippen MR) is 112 cm³/mol. The SMILES string of the molecule is COC(c1ccc(OCc2nc3ccccc3[nH]2)c(F)c1)c1c[nH]c2ncccc12. The number of aromatic nitrogens is 4. The molecule has 30 heavy (non-hydrogen) atoms. The maximum atomic E-state index is 14.8. The van der Waals surface area contributed by atoms with E-state index >= 15 is 0 Å². The highest BCUT2D eigenvalue weighted by Crippen LogP contribution is 2.32. The molecule has 5 aromatic rings. The van der Waals surface area contributed by atoms with Crippen LogP contribution in [0, 0.1) is 5.82 Å². The van der Waals surface area contributed by atoms with Crippen LogP contribution in [0.1, 0.15) is 23.1 Å². The maximum absolute atomic E-state index is 14.8. The summed E-state index contributed by atoms with van der Waals surface area (Å²) < 4.78 is 26.1. The Morgan fingerprint density at radius 3 is 2.83 bits per heavy atom. The molecule has 1 unspecified atom stereocenters. The van der Waals surface area contributed by atoms with Crippen molar-refractivity contribution in [2.24, 2.45) is 0 Å². The van der Waals surface area contributed by atoms with Crippen molar-refractivity contribution in [3.8, 4) is 5.75 Å². The highest BCUT2D eigenvalue weighted by molar-refractivity contribution is 5.80. The molecule has 7 heteroatoms. The number of benzene rings is 2. The normalized spacial score (nSPS) is 12.5. The largest absolute Gasteiger partial charge is 0.483 e. The average Bonchev–Trinajstić information content (AvgIpc) is 3.38. The van der Waals surface area contributed by atoms with Crippen LogP contribution in [0.5, 0.6) is 5.75 Å². The Morgan fingerprint density at radius 1 is 1.10 bits per heavy atom. The highest BCUT2D eigenvalue weighted by atomic mass is 19.1. The monoisotopic (exact) mass is 402 g/mol. The minimum absolute atomic E-state index is 0.146. The Morgan fingerprint density at radius 2 is 2.00 bits per heavy atom. The van der Waals surface area contributed by atoms with Crippen molar-refractivity contribution in [2.45, 2.75) is 12.7 Å². The predicted octanol–water partition coefficient (Wildman–Crippen LogP) is 4.89. The molecule has 0 saturated carbocycles. The number of halogens is 1. The Balaban J connectivity index is 1.38. The number of hydrogen-bond acceptors (Lipinski definition) is 4. The number of nitrogens with zero attached hydrogens (tertiary/aromatic N) is 2. The van der Waals surface area contributed by atoms with E-state index in [-0.39, 0.29) is 12.4 Å². The molecule has 0 fully saturated rings. The Kier molecular flexibility index (Phi) is 4.65. The fourth-order valence-corrected chi connectivity index (χ4v) is 3.65. The number of ether oxygens (including phenoxy) is 2. The Hall–Kier alpha value is -3.71. The molecule has 1 atom stereocenters. The van der Waals surface area contributed by atoms with Crippen LogP contribution in [0.4, 0.5) is 4.39 Å². The van der Waals surface area contributed by atoms with Gasteiger partial charge in [-0.1, -0.05) is 18.2 Å². The lowest BCUT2D eigenvalue weighted by Gasteiger charge is -2.16. The summed E-state index contributed by atoms with van der Waals surface area (Å²) in [5, 5.41) is 0.940. The first-order chi connectivity index (χ1) is 14.7. The van der Waals surface area contributed by atoms with Gasteiger partial charge in [0.15, 0.2) is 11.6 Å². The molecule has 2 N–H and O–H groups in total. The lowest BCUT2D eigenvalue weighted by molar-refractivity contribution is 0.137. The van der Waals surface area contributed by atoms with E-state index in [1.807, 2.05) is 42.6 Å². The summed E-state index contributed by atoms with van der Waals surface area (Å²) in [5.41, 5.74) is 4.12. The van der Waals surface area contributed by atoms with Crippen LogP contribution in [0.15, 0.2) is 67.0 Å². The average molecular weight is 402 g/mol. The molecular formula is C23H19FN4O2. The smallest absolute Gasteiger partial charge is 0.165 e. The fourth-order valence-electron chi connectivity index (χ4n) is 3.65. The second-order valence-corrected chi connectivity index (χ2v) is 6.94. The molecule has 0 saturated heterocycles. The zero-order valence-electron chi connectivity index (χ0n) is 16.2. The molecule has 0 aliphatic heterocycles. The number of fused-ring (bicyclic) bond motifs is 2. The molecular weight excluding hydrogens is 383 g/mol. The van der Waals surface area contributed by atoms with Crippen molar-refractivity contribution in [1.29, 1.82) is 0 Å². The number of rotatable bonds is 6. The zero-order chi connectivity index (χ0) is 20.5. The topological polar surface area (TPSA) is 75.8 Å². The summed E-state index contributed by atoms with van der Waals surface area (Å²) in [7, 11) is 1.60. The van der Waals surface area contributed by atoms with Crippen LogP contribution in [0.25, 0.3) is 22.1 Å². The lowest BCUT2D eigenvalue weighted by Crippen LogP contribution is -2.05. The van der Waals surface area contributed by atoms with Crippen molar-refractivity contribution < 1.29 is 13.9 Å². The lowest BCUT2D eigenvalue weighted by atomic mass is 10.0. The van der Waals surface area contributed by atoms with E-state index < -0.39 is 11.9 Å². The Labute approximate surface area is 171 Å². The minimum atomic E-state index is -0.455. The standard InChI is InChI=1S/C23H19FN4O2/c1-29-22(16-12-26-23-15(16)5-4-10-25-23)14-8-9-20(17(24)11-14)30-13-21-27-18-6-2-3-7-19(18)28-21/h2-12,22H,13H2,1H3,(H,25,26)(H,27,28). The van der Waals surface area contributed by atoms with E-state index in [1.54, 1.807) is 25.4 Å². The second kappa shape index (κ2) is 7.61. The first-order valence-electron chi connectivity index (χ1n) is 9.53. The molecule has 0 radical (unpaired) electrons. The molecule has 0 bridgehead atoms. The number of imidazole rings is 1. The number of methoxy groups -OCH3 is 1. The van der Waals surface area contributed by atoms with Crippen molar-refractivity contribution in [3.63, 3.8) is 0 Å². The van der Waals surface area contributed by atoms with E-state index in [0.29, 0.717) is 11.4 Å². The van der Waals surface area contributed by atoms with Crippen LogP contribution in [-0.2, 0) is 11.3 Å². The highest BCUT2D eigenvalue weighted by Gasteiger charge is 2.19. The first-order valence-corrected chi connectivity index (χ1v) is 9.53. The molecule has 3 heterocycles. The third kappa shape index (κ3) is 3.29. The first kappa shape index (κ1) is 18.3. The van der Waals surface area contributed by atoms with Crippen LogP contribution in [0.3, 0.4) is 0 Å². The zero-order valence-corrected chi connectivity index (χ0v) is 16.2. The van der Waals surface area contributed by atoms with E-state index in [4.69, 9.17) is 9.47 Å². The summed E-state index contributed by atoms with van der Waals surface area (Å²) in [4.78, 5) is 15.0. The van der Waals surface area contributed by atoms with Gasteiger partial charge in [0, 0.05) is 30.5 Å². The molecule has 150 valence electrons. The summed E-state index contributed by atoms with van der Waals surface area (Å²) in [6, 6.07) is 16.4. The molecule has 0 aliphatic carbocycles. The van der Waals surface area contributed by atoms with Crippen molar-refractivity contribution in [3.05, 3.63) is 89.8 Å². The summed E-state index contributed by atoms with van der Waals surface area (Å²) >= 11 is 0. The number of H-pyrrole nitrogens is 2. The van der Waals surface area contributed by atoms with Crippen LogP contribution >= 0.6 is 0 Å². The molecule has 6 nitrogen and oxygen atoms in total. The number of pyridine rings is 1. The van der Waals surface area contributed by atoms with Gasteiger partial charge in [-0.15, -0.1) is 0 Å². The van der Waals surface area contributed by atoms with Gasteiger partial charge in [-0.25, -0.2) is 14.4 Å². The van der Waals surface area contributed by atoms with Crippen molar-refractivity contribution >= 4 is 22.1 Å². The van der Waals surface area contributed by atoms with Gasteiger partial charge in [-0.05, 0) is 42.0 Å². The van der Waals surface area contributed by atoms with E-state index in [1.165, 1.54) is 6.07 Å². The van der Waals surface area contributed by atoms with Crippen molar-refractivity contribution in [1.82, 2.24) is 19.9 Å². The van der Waals surface area contributed by atoms with Gasteiger partial charge in [-0.2, -0.15) is 0 Å². The number of nitrogens with one attached hydrogen (secondary N) is 2. The fraction of sp³-hybridized carbons (Fsp3) is 0.130. The van der Waals surface area contributed by atoms with Crippen molar-refractivity contribution in [2.75, 3.05) is 7.11 Å². The summed E-state index contributed by atoms with van der Waals surface area (Å²) in [6.45, 7) is 0.146. The number of para-hydroxylation sites is 2. The maximum Gasteiger partial charge on any atom is 0.165 e. The van der Waals surface area contributed by atoms with E-state index in [0.717, 1.165) is 27.6 Å². The van der Waals surface area contributed by atoms with Crippen LogP contribution < -0.4 is 4.74 Å². The number of aromatic amines is 2. The van der Waals surface area contributed by atoms with Gasteiger partial charge in [0.2, 0.25) is 0 Å². The summed E-state index contributed by atoms with van der Waals surface area (Å²) in [6.07, 6.45) is 3.13. The van der Waals surface area contributed by atoms with Gasteiger partial charge in [0.1, 0.15) is 24.2 Å². The Bertz CT molecular complexity index is 1290. The van der Waals surface area contributed by atoms with Crippen LogP contribution in [0.2, 0.25) is 0 Å². The molecule has 2 aromatic carbocycles. The molecule has 0 aliphatic rings. The van der Waals surface area contributed by atoms with Gasteiger partial charge in [0.05, 0.1) is 11.0 Å². The quantitative estimate of drug-likeness (QED) is 0.424. The van der Waals surface area contributed by atoms with Gasteiger partial charge >= 0.3 is 0 Å². The van der Waals surface area contributed by atoms with E-state index in [9.17, 15) is 4.39 Å².